The van der Waals surface area contributed by atoms with Crippen molar-refractivity contribution in [3.8, 4) is 0 Å². The minimum Gasteiger partial charge on any atom is -0.335 e. The van der Waals surface area contributed by atoms with E-state index in [-0.39, 0.29) is 0 Å². The lowest BCUT2D eigenvalue weighted by Crippen LogP contribution is -1.97. The molecule has 0 fully saturated rings. The van der Waals surface area contributed by atoms with Crippen molar-refractivity contribution in [2.24, 2.45) is 0 Å². The molecule has 0 bridgehead atoms. The SMILES string of the molecule is Cc1cn(Cc2cscc2C)c(=S)[nH]1. The van der Waals surface area contributed by atoms with Crippen molar-refractivity contribution in [3.63, 3.8) is 0 Å². The van der Waals surface area contributed by atoms with Gasteiger partial charge in [-0.05, 0) is 48.0 Å². The van der Waals surface area contributed by atoms with Gasteiger partial charge in [-0.1, -0.05) is 0 Å². The van der Waals surface area contributed by atoms with Crippen molar-refractivity contribution < 1.29 is 0 Å². The van der Waals surface area contributed by atoms with Gasteiger partial charge in [0.15, 0.2) is 4.77 Å². The Morgan fingerprint density at radius 1 is 1.43 bits per heavy atom. The third kappa shape index (κ3) is 1.81. The Labute approximate surface area is 92.2 Å². The summed E-state index contributed by atoms with van der Waals surface area (Å²) in [7, 11) is 0. The Bertz CT molecular complexity index is 490. The van der Waals surface area contributed by atoms with Crippen LogP contribution >= 0.6 is 23.6 Å². The minimum atomic E-state index is 0.799. The summed E-state index contributed by atoms with van der Waals surface area (Å²) in [6.45, 7) is 5.03. The molecule has 0 aromatic carbocycles. The zero-order valence-electron chi connectivity index (χ0n) is 8.20. The van der Waals surface area contributed by atoms with E-state index < -0.39 is 0 Å². The first kappa shape index (κ1) is 9.68. The molecule has 4 heteroatoms. The molecule has 0 aliphatic carbocycles. The molecule has 1 N–H and O–H groups in total. The van der Waals surface area contributed by atoms with Crippen LogP contribution in [0, 0.1) is 18.6 Å². The summed E-state index contributed by atoms with van der Waals surface area (Å²) in [4.78, 5) is 3.12. The maximum absolute atomic E-state index is 5.20. The summed E-state index contributed by atoms with van der Waals surface area (Å²) in [5, 5.41) is 4.35. The first-order valence-corrected chi connectivity index (χ1v) is 5.79. The maximum atomic E-state index is 5.20. The van der Waals surface area contributed by atoms with Crippen LogP contribution in [0.1, 0.15) is 16.8 Å². The van der Waals surface area contributed by atoms with E-state index in [9.17, 15) is 0 Å². The lowest BCUT2D eigenvalue weighted by Gasteiger charge is -2.00. The summed E-state index contributed by atoms with van der Waals surface area (Å²) in [5.41, 5.74) is 3.81. The van der Waals surface area contributed by atoms with E-state index in [1.807, 2.05) is 6.92 Å². The molecule has 0 amide bonds. The predicted molar refractivity (Wildman–Crippen MR) is 62.5 cm³/mol. The second-order valence-corrected chi connectivity index (χ2v) is 4.58. The van der Waals surface area contributed by atoms with Crippen molar-refractivity contribution >= 4 is 23.6 Å². The van der Waals surface area contributed by atoms with Crippen LogP contribution < -0.4 is 0 Å². The van der Waals surface area contributed by atoms with Gasteiger partial charge >= 0.3 is 0 Å². The second-order valence-electron chi connectivity index (χ2n) is 3.45. The molecule has 2 rings (SSSR count). The summed E-state index contributed by atoms with van der Waals surface area (Å²) in [5.74, 6) is 0. The standard InChI is InChI=1S/C10H12N2S2/c1-7-5-14-6-9(7)4-12-3-8(2)11-10(12)13/h3,5-6H,4H2,1-2H3,(H,11,13). The van der Waals surface area contributed by atoms with Crippen LogP contribution in [0.25, 0.3) is 0 Å². The largest absolute Gasteiger partial charge is 0.335 e. The number of nitrogens with zero attached hydrogens (tertiary/aromatic N) is 1. The van der Waals surface area contributed by atoms with Gasteiger partial charge < -0.3 is 9.55 Å². The fourth-order valence-electron chi connectivity index (χ4n) is 1.41. The van der Waals surface area contributed by atoms with Crippen LogP contribution in [-0.2, 0) is 6.54 Å². The minimum absolute atomic E-state index is 0.799. The summed E-state index contributed by atoms with van der Waals surface area (Å²) in [6.07, 6.45) is 2.06. The van der Waals surface area contributed by atoms with Gasteiger partial charge in [0.25, 0.3) is 0 Å². The lowest BCUT2D eigenvalue weighted by molar-refractivity contribution is 0.782. The van der Waals surface area contributed by atoms with E-state index in [1.54, 1.807) is 11.3 Å². The van der Waals surface area contributed by atoms with E-state index in [1.165, 1.54) is 11.1 Å². The summed E-state index contributed by atoms with van der Waals surface area (Å²) in [6, 6.07) is 0. The Kier molecular flexibility index (Phi) is 2.56. The first-order valence-electron chi connectivity index (χ1n) is 4.44. The highest BCUT2D eigenvalue weighted by molar-refractivity contribution is 7.71. The molecule has 0 aliphatic heterocycles. The number of rotatable bonds is 2. The van der Waals surface area contributed by atoms with Crippen LogP contribution in [0.4, 0.5) is 0 Å². The number of imidazole rings is 1. The molecule has 0 atom stereocenters. The van der Waals surface area contributed by atoms with Gasteiger partial charge in [-0.3, -0.25) is 0 Å². The number of hydrogen-bond acceptors (Lipinski definition) is 2. The molecule has 74 valence electrons. The van der Waals surface area contributed by atoms with E-state index in [0.29, 0.717) is 0 Å². The van der Waals surface area contributed by atoms with Gasteiger partial charge in [-0.2, -0.15) is 11.3 Å². The van der Waals surface area contributed by atoms with Crippen molar-refractivity contribution in [2.75, 3.05) is 0 Å². The fourth-order valence-corrected chi connectivity index (χ4v) is 2.54. The molecule has 0 saturated heterocycles. The Hall–Kier alpha value is -0.870. The highest BCUT2D eigenvalue weighted by Crippen LogP contribution is 2.15. The van der Waals surface area contributed by atoms with Gasteiger partial charge in [0.05, 0.1) is 6.54 Å². The van der Waals surface area contributed by atoms with Gasteiger partial charge in [-0.25, -0.2) is 0 Å². The van der Waals surface area contributed by atoms with E-state index in [2.05, 4.69) is 33.4 Å². The molecule has 0 spiro atoms. The van der Waals surface area contributed by atoms with Gasteiger partial charge in [0.2, 0.25) is 0 Å². The number of H-pyrrole nitrogens is 1. The smallest absolute Gasteiger partial charge is 0.177 e. The zero-order chi connectivity index (χ0) is 10.1. The van der Waals surface area contributed by atoms with E-state index in [4.69, 9.17) is 12.2 Å². The van der Waals surface area contributed by atoms with Crippen LogP contribution in [0.3, 0.4) is 0 Å². The van der Waals surface area contributed by atoms with Crippen LogP contribution in [0.5, 0.6) is 0 Å². The third-order valence-corrected chi connectivity index (χ3v) is 3.46. The molecule has 0 radical (unpaired) electrons. The number of nitrogens with one attached hydrogen (secondary N) is 1. The lowest BCUT2D eigenvalue weighted by atomic mass is 10.2. The molecule has 2 aromatic heterocycles. The zero-order valence-corrected chi connectivity index (χ0v) is 9.84. The van der Waals surface area contributed by atoms with E-state index in [0.717, 1.165) is 17.0 Å². The highest BCUT2D eigenvalue weighted by Gasteiger charge is 2.01. The maximum Gasteiger partial charge on any atom is 0.177 e. The predicted octanol–water partition coefficient (Wildman–Crippen LogP) is 3.27. The van der Waals surface area contributed by atoms with Gasteiger partial charge in [-0.15, -0.1) is 0 Å². The summed E-state index contributed by atoms with van der Waals surface area (Å²) < 4.78 is 2.87. The molecule has 0 aliphatic rings. The molecule has 14 heavy (non-hydrogen) atoms. The normalized spacial score (nSPS) is 10.7. The Balaban J connectivity index is 2.31. The van der Waals surface area contributed by atoms with Crippen molar-refractivity contribution in [2.45, 2.75) is 20.4 Å². The topological polar surface area (TPSA) is 20.7 Å². The molecular weight excluding hydrogens is 212 g/mol. The Morgan fingerprint density at radius 3 is 2.71 bits per heavy atom. The number of thiophene rings is 1. The highest BCUT2D eigenvalue weighted by atomic mass is 32.1. The van der Waals surface area contributed by atoms with Crippen molar-refractivity contribution in [1.82, 2.24) is 9.55 Å². The summed E-state index contributed by atoms with van der Waals surface area (Å²) >= 11 is 6.94. The fraction of sp³-hybridized carbons (Fsp3) is 0.300. The number of aromatic amines is 1. The third-order valence-electron chi connectivity index (χ3n) is 2.22. The molecule has 0 unspecified atom stereocenters. The van der Waals surface area contributed by atoms with E-state index >= 15 is 0 Å². The molecule has 0 saturated carbocycles. The van der Waals surface area contributed by atoms with Gasteiger partial charge in [0.1, 0.15) is 0 Å². The van der Waals surface area contributed by atoms with Crippen molar-refractivity contribution in [1.29, 1.82) is 0 Å². The number of hydrogen-bond donors (Lipinski definition) is 1. The van der Waals surface area contributed by atoms with Crippen LogP contribution in [0.2, 0.25) is 0 Å². The monoisotopic (exact) mass is 224 g/mol. The quantitative estimate of drug-likeness (QED) is 0.776. The Morgan fingerprint density at radius 2 is 2.21 bits per heavy atom. The average molecular weight is 224 g/mol. The van der Waals surface area contributed by atoms with Crippen molar-refractivity contribution in [3.05, 3.63) is 38.5 Å². The molecule has 2 nitrogen and oxygen atoms in total. The van der Waals surface area contributed by atoms with Crippen LogP contribution in [-0.4, -0.2) is 9.55 Å². The van der Waals surface area contributed by atoms with Gasteiger partial charge in [0, 0.05) is 11.9 Å². The molecular formula is C10H12N2S2. The average Bonchev–Trinajstić information content (AvgIpc) is 2.62. The number of aromatic nitrogens is 2. The number of aryl methyl sites for hydroxylation is 2. The molecule has 2 aromatic rings. The first-order chi connectivity index (χ1) is 6.66. The van der Waals surface area contributed by atoms with Crippen LogP contribution in [0.15, 0.2) is 17.0 Å². The second kappa shape index (κ2) is 3.71. The molecule has 2 heterocycles.